The number of fused-ring (bicyclic) bond motifs is 2. The maximum Gasteiger partial charge on any atom is 0.164 e. The number of ether oxygens (including phenoxy) is 1. The van der Waals surface area contributed by atoms with E-state index in [4.69, 9.17) is 29.7 Å². The second-order valence-electron chi connectivity index (χ2n) is 13.4. The van der Waals surface area contributed by atoms with Crippen LogP contribution in [0.3, 0.4) is 0 Å². The van der Waals surface area contributed by atoms with Crippen molar-refractivity contribution in [2.24, 2.45) is 0 Å². The predicted octanol–water partition coefficient (Wildman–Crippen LogP) is 12.2. The molecule has 0 bridgehead atoms. The van der Waals surface area contributed by atoms with Gasteiger partial charge in [-0.1, -0.05) is 152 Å². The molecule has 1 aliphatic heterocycles. The number of anilines is 3. The second-order valence-corrected chi connectivity index (χ2v) is 13.4. The molecule has 0 fully saturated rings. The molecule has 2 aromatic heterocycles. The van der Waals surface area contributed by atoms with Crippen LogP contribution in [0.5, 0.6) is 11.5 Å². The predicted molar refractivity (Wildman–Crippen MR) is 223 cm³/mol. The van der Waals surface area contributed by atoms with Crippen molar-refractivity contribution in [3.05, 3.63) is 194 Å². The highest BCUT2D eigenvalue weighted by Crippen LogP contribution is 2.50. The van der Waals surface area contributed by atoms with Crippen LogP contribution in [-0.2, 0) is 0 Å². The van der Waals surface area contributed by atoms with Gasteiger partial charge < -0.3 is 4.74 Å². The van der Waals surface area contributed by atoms with Crippen LogP contribution in [0.1, 0.15) is 0 Å². The molecule has 10 rings (SSSR count). The minimum Gasteiger partial charge on any atom is -0.453 e. The van der Waals surface area contributed by atoms with E-state index in [1.54, 1.807) is 0 Å². The Bertz CT molecular complexity index is 2740. The van der Waals surface area contributed by atoms with Crippen molar-refractivity contribution in [1.82, 2.24) is 24.9 Å². The van der Waals surface area contributed by atoms with Crippen LogP contribution in [0.15, 0.2) is 194 Å². The Balaban J connectivity index is 1.08. The van der Waals surface area contributed by atoms with Crippen molar-refractivity contribution in [3.63, 3.8) is 0 Å². The molecule has 7 aromatic carbocycles. The van der Waals surface area contributed by atoms with Crippen LogP contribution in [0.25, 0.3) is 67.9 Å². The Morgan fingerprint density at radius 2 is 0.696 bits per heavy atom. The van der Waals surface area contributed by atoms with Gasteiger partial charge in [-0.3, -0.25) is 4.90 Å². The molecule has 7 heteroatoms. The standard InChI is InChI=1S/C49H32N6O/c1-4-16-33(17-5-1)46-50-40(32-45(51-46)55-41-26-10-12-28-43(41)56-44-29-13-11-27-42(44)55)38-24-14-22-36(30-38)37-23-15-25-39(31-37)49-53-47(34-18-6-2-7-19-34)52-48(54-49)35-20-8-3-9-21-35/h1-32H. The fourth-order valence-corrected chi connectivity index (χ4v) is 7.00. The molecule has 264 valence electrons. The Labute approximate surface area is 324 Å². The molecule has 7 nitrogen and oxygen atoms in total. The molecule has 0 spiro atoms. The smallest absolute Gasteiger partial charge is 0.164 e. The Morgan fingerprint density at radius 1 is 0.304 bits per heavy atom. The first-order chi connectivity index (χ1) is 27.7. The lowest BCUT2D eigenvalue weighted by molar-refractivity contribution is 0.476. The third-order valence-electron chi connectivity index (χ3n) is 9.72. The summed E-state index contributed by atoms with van der Waals surface area (Å²) in [6.45, 7) is 0. The van der Waals surface area contributed by atoms with Crippen molar-refractivity contribution in [1.29, 1.82) is 0 Å². The van der Waals surface area contributed by atoms with Crippen LogP contribution < -0.4 is 9.64 Å². The van der Waals surface area contributed by atoms with E-state index < -0.39 is 0 Å². The summed E-state index contributed by atoms with van der Waals surface area (Å²) < 4.78 is 6.33. The lowest BCUT2D eigenvalue weighted by Gasteiger charge is -2.32. The largest absolute Gasteiger partial charge is 0.453 e. The van der Waals surface area contributed by atoms with Crippen molar-refractivity contribution in [2.45, 2.75) is 0 Å². The normalized spacial score (nSPS) is 11.7. The van der Waals surface area contributed by atoms with E-state index in [1.807, 2.05) is 133 Å². The molecule has 0 saturated carbocycles. The number of para-hydroxylation sites is 4. The first-order valence-electron chi connectivity index (χ1n) is 18.4. The zero-order valence-electron chi connectivity index (χ0n) is 30.1. The fraction of sp³-hybridized carbons (Fsp3) is 0. The summed E-state index contributed by atoms with van der Waals surface area (Å²) in [5, 5.41) is 0. The zero-order chi connectivity index (χ0) is 37.3. The SMILES string of the molecule is c1ccc(-c2nc(-c3cccc(-c4cccc(-c5nc(-c6ccccc6)nc(-c6ccccc6)n5)c4)c3)cc(N3c4ccccc4Oc4ccccc43)n2)cc1. The van der Waals surface area contributed by atoms with Gasteiger partial charge in [0, 0.05) is 33.9 Å². The molecule has 0 unspecified atom stereocenters. The molecule has 0 saturated heterocycles. The summed E-state index contributed by atoms with van der Waals surface area (Å²) in [7, 11) is 0. The first kappa shape index (κ1) is 32.8. The van der Waals surface area contributed by atoms with Crippen LogP contribution in [0.4, 0.5) is 17.2 Å². The molecule has 1 aliphatic rings. The van der Waals surface area contributed by atoms with Crippen LogP contribution in [0.2, 0.25) is 0 Å². The van der Waals surface area contributed by atoms with Crippen LogP contribution in [-0.4, -0.2) is 24.9 Å². The number of rotatable bonds is 7. The number of aromatic nitrogens is 5. The molecular formula is C49H32N6O. The van der Waals surface area contributed by atoms with E-state index in [0.717, 1.165) is 73.3 Å². The molecule has 0 N–H and O–H groups in total. The topological polar surface area (TPSA) is 76.9 Å². The van der Waals surface area contributed by atoms with Gasteiger partial charge in [0.15, 0.2) is 34.8 Å². The number of benzene rings is 7. The number of hydrogen-bond acceptors (Lipinski definition) is 7. The van der Waals surface area contributed by atoms with E-state index >= 15 is 0 Å². The fourth-order valence-electron chi connectivity index (χ4n) is 7.00. The maximum absolute atomic E-state index is 6.33. The molecule has 9 aromatic rings. The van der Waals surface area contributed by atoms with E-state index in [-0.39, 0.29) is 0 Å². The van der Waals surface area contributed by atoms with Gasteiger partial charge in [-0.05, 0) is 47.5 Å². The molecule has 56 heavy (non-hydrogen) atoms. The summed E-state index contributed by atoms with van der Waals surface area (Å²) in [6.07, 6.45) is 0. The summed E-state index contributed by atoms with van der Waals surface area (Å²) in [4.78, 5) is 27.3. The number of hydrogen-bond donors (Lipinski definition) is 0. The minimum atomic E-state index is 0.606. The van der Waals surface area contributed by atoms with Gasteiger partial charge in [0.1, 0.15) is 5.82 Å². The summed E-state index contributed by atoms with van der Waals surface area (Å²) in [6, 6.07) is 65.1. The van der Waals surface area contributed by atoms with Crippen LogP contribution >= 0.6 is 0 Å². The lowest BCUT2D eigenvalue weighted by atomic mass is 9.99. The minimum absolute atomic E-state index is 0.606. The molecular weight excluding hydrogens is 689 g/mol. The first-order valence-corrected chi connectivity index (χ1v) is 18.4. The quantitative estimate of drug-likeness (QED) is 0.162. The van der Waals surface area contributed by atoms with E-state index in [9.17, 15) is 0 Å². The Morgan fingerprint density at radius 3 is 1.23 bits per heavy atom. The summed E-state index contributed by atoms with van der Waals surface area (Å²) >= 11 is 0. The Hall–Kier alpha value is -7.77. The van der Waals surface area contributed by atoms with Crippen molar-refractivity contribution < 1.29 is 4.74 Å². The maximum atomic E-state index is 6.33. The zero-order valence-corrected chi connectivity index (χ0v) is 30.1. The average molecular weight is 721 g/mol. The van der Waals surface area contributed by atoms with Gasteiger partial charge in [-0.25, -0.2) is 24.9 Å². The lowest BCUT2D eigenvalue weighted by Crippen LogP contribution is -2.17. The van der Waals surface area contributed by atoms with Crippen molar-refractivity contribution in [3.8, 4) is 79.4 Å². The summed E-state index contributed by atoms with van der Waals surface area (Å²) in [5.74, 6) is 4.75. The van der Waals surface area contributed by atoms with E-state index in [2.05, 4.69) is 65.6 Å². The van der Waals surface area contributed by atoms with Gasteiger partial charge in [-0.15, -0.1) is 0 Å². The van der Waals surface area contributed by atoms with E-state index in [0.29, 0.717) is 23.3 Å². The van der Waals surface area contributed by atoms with Crippen LogP contribution in [0, 0.1) is 0 Å². The van der Waals surface area contributed by atoms with E-state index in [1.165, 1.54) is 0 Å². The Kier molecular flexibility index (Phi) is 8.35. The van der Waals surface area contributed by atoms with Crippen molar-refractivity contribution >= 4 is 17.2 Å². The molecule has 0 atom stereocenters. The average Bonchev–Trinajstić information content (AvgIpc) is 3.29. The van der Waals surface area contributed by atoms with Gasteiger partial charge in [-0.2, -0.15) is 0 Å². The third-order valence-corrected chi connectivity index (χ3v) is 9.72. The highest BCUT2D eigenvalue weighted by molar-refractivity contribution is 5.87. The van der Waals surface area contributed by atoms with Gasteiger partial charge in [0.25, 0.3) is 0 Å². The monoisotopic (exact) mass is 720 g/mol. The third kappa shape index (κ3) is 6.33. The highest BCUT2D eigenvalue weighted by atomic mass is 16.5. The molecule has 3 heterocycles. The van der Waals surface area contributed by atoms with Gasteiger partial charge in [0.2, 0.25) is 0 Å². The highest BCUT2D eigenvalue weighted by Gasteiger charge is 2.27. The van der Waals surface area contributed by atoms with Gasteiger partial charge >= 0.3 is 0 Å². The molecule has 0 aliphatic carbocycles. The summed E-state index contributed by atoms with van der Waals surface area (Å²) in [5.41, 5.74) is 9.32. The van der Waals surface area contributed by atoms with Crippen molar-refractivity contribution in [2.75, 3.05) is 4.90 Å². The van der Waals surface area contributed by atoms with Gasteiger partial charge in [0.05, 0.1) is 17.1 Å². The second kappa shape index (κ2) is 14.2. The number of nitrogens with zero attached hydrogens (tertiary/aromatic N) is 6. The molecule has 0 radical (unpaired) electrons. The molecule has 0 amide bonds.